The molecule has 0 spiro atoms. The number of nitrogens with zero attached hydrogens (tertiary/aromatic N) is 2. The first-order valence-corrected chi connectivity index (χ1v) is 7.27. The number of hydrogen-bond acceptors (Lipinski definition) is 2. The molecule has 1 fully saturated rings. The van der Waals surface area contributed by atoms with Gasteiger partial charge in [0.2, 0.25) is 0 Å². The highest BCUT2D eigenvalue weighted by Gasteiger charge is 2.21. The molecule has 0 saturated heterocycles. The molecule has 0 radical (unpaired) electrons. The SMILES string of the molecule is Fc1cccc(CNC2CC2)c1-n1ncc2ccccc21. The van der Waals surface area contributed by atoms with Crippen LogP contribution in [0.4, 0.5) is 4.39 Å². The maximum atomic E-state index is 14.4. The zero-order chi connectivity index (χ0) is 14.2. The van der Waals surface area contributed by atoms with Gasteiger partial charge in [0, 0.05) is 18.0 Å². The van der Waals surface area contributed by atoms with Gasteiger partial charge in [-0.05, 0) is 30.5 Å². The first kappa shape index (κ1) is 12.5. The third kappa shape index (κ3) is 2.32. The highest BCUT2D eigenvalue weighted by molar-refractivity contribution is 5.80. The van der Waals surface area contributed by atoms with Crippen molar-refractivity contribution >= 4 is 10.9 Å². The van der Waals surface area contributed by atoms with E-state index in [0.29, 0.717) is 18.3 Å². The van der Waals surface area contributed by atoms with E-state index in [0.717, 1.165) is 16.5 Å². The van der Waals surface area contributed by atoms with Crippen LogP contribution in [0.2, 0.25) is 0 Å². The minimum absolute atomic E-state index is 0.237. The van der Waals surface area contributed by atoms with Crippen LogP contribution in [0.1, 0.15) is 18.4 Å². The van der Waals surface area contributed by atoms with Gasteiger partial charge in [-0.2, -0.15) is 5.10 Å². The number of aromatic nitrogens is 2. The van der Waals surface area contributed by atoms with Crippen LogP contribution in [0.25, 0.3) is 16.6 Å². The Balaban J connectivity index is 1.82. The molecule has 4 heteroatoms. The number of para-hydroxylation sites is 2. The minimum Gasteiger partial charge on any atom is -0.310 e. The summed E-state index contributed by atoms with van der Waals surface area (Å²) in [5.74, 6) is -0.237. The van der Waals surface area contributed by atoms with Gasteiger partial charge in [-0.25, -0.2) is 9.07 Å². The molecule has 0 unspecified atom stereocenters. The van der Waals surface area contributed by atoms with E-state index in [2.05, 4.69) is 10.4 Å². The van der Waals surface area contributed by atoms with Crippen molar-refractivity contribution in [1.82, 2.24) is 15.1 Å². The average Bonchev–Trinajstić information content (AvgIpc) is 3.24. The first-order valence-electron chi connectivity index (χ1n) is 7.27. The molecule has 4 rings (SSSR count). The standard InChI is InChI=1S/C17H16FN3/c18-15-6-3-5-13(10-19-14-8-9-14)17(15)21-16-7-2-1-4-12(16)11-20-21/h1-7,11,14,19H,8-10H2. The zero-order valence-corrected chi connectivity index (χ0v) is 11.6. The molecule has 1 aromatic heterocycles. The van der Waals surface area contributed by atoms with Gasteiger partial charge in [0.25, 0.3) is 0 Å². The van der Waals surface area contributed by atoms with Crippen molar-refractivity contribution < 1.29 is 4.39 Å². The summed E-state index contributed by atoms with van der Waals surface area (Å²) in [4.78, 5) is 0. The van der Waals surface area contributed by atoms with Crippen LogP contribution in [-0.2, 0) is 6.54 Å². The average molecular weight is 281 g/mol. The summed E-state index contributed by atoms with van der Waals surface area (Å²) in [5, 5.41) is 8.84. The van der Waals surface area contributed by atoms with E-state index in [9.17, 15) is 4.39 Å². The van der Waals surface area contributed by atoms with Crippen LogP contribution in [0, 0.1) is 5.82 Å². The van der Waals surface area contributed by atoms with Crippen molar-refractivity contribution in [1.29, 1.82) is 0 Å². The summed E-state index contributed by atoms with van der Waals surface area (Å²) in [6.45, 7) is 0.673. The second-order valence-electron chi connectivity index (χ2n) is 5.52. The summed E-state index contributed by atoms with van der Waals surface area (Å²) < 4.78 is 16.1. The van der Waals surface area contributed by atoms with Gasteiger partial charge >= 0.3 is 0 Å². The van der Waals surface area contributed by atoms with Crippen LogP contribution in [0.15, 0.2) is 48.7 Å². The van der Waals surface area contributed by atoms with Crippen molar-refractivity contribution in [2.45, 2.75) is 25.4 Å². The van der Waals surface area contributed by atoms with E-state index in [1.54, 1.807) is 16.9 Å². The Labute approximate surface area is 122 Å². The molecule has 1 aliphatic carbocycles. The monoisotopic (exact) mass is 281 g/mol. The summed E-state index contributed by atoms with van der Waals surface area (Å²) >= 11 is 0. The molecule has 0 aliphatic heterocycles. The number of fused-ring (bicyclic) bond motifs is 1. The second kappa shape index (κ2) is 4.97. The Morgan fingerprint density at radius 1 is 1.14 bits per heavy atom. The molecular weight excluding hydrogens is 265 g/mol. The lowest BCUT2D eigenvalue weighted by atomic mass is 10.1. The molecule has 21 heavy (non-hydrogen) atoms. The molecule has 1 saturated carbocycles. The maximum absolute atomic E-state index is 14.4. The number of rotatable bonds is 4. The Bertz CT molecular complexity index is 790. The highest BCUT2D eigenvalue weighted by atomic mass is 19.1. The Kier molecular flexibility index (Phi) is 2.97. The molecule has 1 heterocycles. The molecule has 1 N–H and O–H groups in total. The summed E-state index contributed by atoms with van der Waals surface area (Å²) in [6, 6.07) is 13.7. The zero-order valence-electron chi connectivity index (χ0n) is 11.6. The number of halogens is 1. The molecule has 2 aromatic carbocycles. The van der Waals surface area contributed by atoms with E-state index in [-0.39, 0.29) is 5.82 Å². The fraction of sp³-hybridized carbons (Fsp3) is 0.235. The molecule has 106 valence electrons. The van der Waals surface area contributed by atoms with E-state index in [4.69, 9.17) is 0 Å². The number of hydrogen-bond donors (Lipinski definition) is 1. The smallest absolute Gasteiger partial charge is 0.149 e. The van der Waals surface area contributed by atoms with Gasteiger partial charge in [-0.3, -0.25) is 0 Å². The largest absolute Gasteiger partial charge is 0.310 e. The van der Waals surface area contributed by atoms with Gasteiger partial charge in [-0.1, -0.05) is 30.3 Å². The fourth-order valence-corrected chi connectivity index (χ4v) is 2.63. The lowest BCUT2D eigenvalue weighted by molar-refractivity contribution is 0.603. The Morgan fingerprint density at radius 3 is 2.86 bits per heavy atom. The van der Waals surface area contributed by atoms with Crippen LogP contribution >= 0.6 is 0 Å². The number of benzene rings is 2. The molecule has 1 aliphatic rings. The predicted molar refractivity (Wildman–Crippen MR) is 80.9 cm³/mol. The lowest BCUT2D eigenvalue weighted by Gasteiger charge is -2.12. The maximum Gasteiger partial charge on any atom is 0.149 e. The third-order valence-corrected chi connectivity index (χ3v) is 3.92. The van der Waals surface area contributed by atoms with E-state index >= 15 is 0 Å². The first-order chi connectivity index (χ1) is 10.3. The Morgan fingerprint density at radius 2 is 2.00 bits per heavy atom. The van der Waals surface area contributed by atoms with Crippen LogP contribution < -0.4 is 5.32 Å². The van der Waals surface area contributed by atoms with E-state index in [1.807, 2.05) is 30.3 Å². The van der Waals surface area contributed by atoms with Gasteiger partial charge in [0.05, 0.1) is 11.7 Å². The van der Waals surface area contributed by atoms with E-state index in [1.165, 1.54) is 18.9 Å². The van der Waals surface area contributed by atoms with Crippen molar-refractivity contribution in [2.24, 2.45) is 0 Å². The summed E-state index contributed by atoms with van der Waals surface area (Å²) in [6.07, 6.45) is 4.21. The molecule has 0 atom stereocenters. The van der Waals surface area contributed by atoms with Gasteiger partial charge in [0.15, 0.2) is 0 Å². The Hall–Kier alpha value is -2.20. The molecule has 3 aromatic rings. The normalized spacial score (nSPS) is 14.7. The van der Waals surface area contributed by atoms with Gasteiger partial charge in [0.1, 0.15) is 11.5 Å². The molecule has 0 bridgehead atoms. The highest BCUT2D eigenvalue weighted by Crippen LogP contribution is 2.25. The molecule has 0 amide bonds. The van der Waals surface area contributed by atoms with Crippen molar-refractivity contribution in [2.75, 3.05) is 0 Å². The van der Waals surface area contributed by atoms with Crippen molar-refractivity contribution in [3.8, 4) is 5.69 Å². The fourth-order valence-electron chi connectivity index (χ4n) is 2.63. The van der Waals surface area contributed by atoms with E-state index < -0.39 is 0 Å². The summed E-state index contributed by atoms with van der Waals surface area (Å²) in [7, 11) is 0. The van der Waals surface area contributed by atoms with Crippen molar-refractivity contribution in [3.63, 3.8) is 0 Å². The molecular formula is C17H16FN3. The van der Waals surface area contributed by atoms with Gasteiger partial charge in [-0.15, -0.1) is 0 Å². The van der Waals surface area contributed by atoms with Crippen LogP contribution in [0.3, 0.4) is 0 Å². The molecule has 3 nitrogen and oxygen atoms in total. The predicted octanol–water partition coefficient (Wildman–Crippen LogP) is 3.42. The van der Waals surface area contributed by atoms with Crippen LogP contribution in [-0.4, -0.2) is 15.8 Å². The second-order valence-corrected chi connectivity index (χ2v) is 5.52. The third-order valence-electron chi connectivity index (χ3n) is 3.92. The summed E-state index contributed by atoms with van der Waals surface area (Å²) in [5.41, 5.74) is 2.41. The lowest BCUT2D eigenvalue weighted by Crippen LogP contribution is -2.17. The van der Waals surface area contributed by atoms with Crippen molar-refractivity contribution in [3.05, 3.63) is 60.0 Å². The number of nitrogens with one attached hydrogen (secondary N) is 1. The topological polar surface area (TPSA) is 29.9 Å². The van der Waals surface area contributed by atoms with Crippen LogP contribution in [0.5, 0.6) is 0 Å². The minimum atomic E-state index is -0.237. The quantitative estimate of drug-likeness (QED) is 0.794. The van der Waals surface area contributed by atoms with Gasteiger partial charge < -0.3 is 5.32 Å².